The van der Waals surface area contributed by atoms with Crippen LogP contribution < -0.4 is 5.32 Å². The minimum atomic E-state index is -0.988. The molecule has 0 bridgehead atoms. The van der Waals surface area contributed by atoms with E-state index >= 15 is 0 Å². The van der Waals surface area contributed by atoms with E-state index in [0.717, 1.165) is 18.2 Å². The summed E-state index contributed by atoms with van der Waals surface area (Å²) in [6.07, 6.45) is -0.700. The Morgan fingerprint density at radius 2 is 1.60 bits per heavy atom. The van der Waals surface area contributed by atoms with Gasteiger partial charge in [-0.25, -0.2) is 9.59 Å². The minimum Gasteiger partial charge on any atom is -0.460 e. The summed E-state index contributed by atoms with van der Waals surface area (Å²) >= 11 is 0. The van der Waals surface area contributed by atoms with Crippen molar-refractivity contribution in [3.8, 4) is 0 Å². The summed E-state index contributed by atoms with van der Waals surface area (Å²) in [6.45, 7) is 4.75. The van der Waals surface area contributed by atoms with Gasteiger partial charge in [-0.05, 0) is 20.8 Å². The lowest BCUT2D eigenvalue weighted by molar-refractivity contribution is -0.394. The number of nitrogens with one attached hydrogen (secondary N) is 1. The number of ether oxygens (including phenoxy) is 2. The molecular formula is C14H17N3O8. The molecule has 0 spiro atoms. The lowest BCUT2D eigenvalue weighted by Crippen LogP contribution is -2.34. The van der Waals surface area contributed by atoms with Gasteiger partial charge in [-0.1, -0.05) is 0 Å². The third kappa shape index (κ3) is 6.81. The number of hydrogen-bond donors (Lipinski definition) is 1. The molecule has 1 amide bonds. The summed E-state index contributed by atoms with van der Waals surface area (Å²) in [5, 5.41) is 23.9. The Morgan fingerprint density at radius 3 is 2.04 bits per heavy atom. The number of rotatable bonds is 6. The van der Waals surface area contributed by atoms with Gasteiger partial charge in [0.15, 0.2) is 0 Å². The van der Waals surface area contributed by atoms with Crippen molar-refractivity contribution in [2.45, 2.75) is 26.4 Å². The topological polar surface area (TPSA) is 151 Å². The Bertz CT molecular complexity index is 664. The van der Waals surface area contributed by atoms with Crippen LogP contribution in [-0.2, 0) is 9.47 Å². The van der Waals surface area contributed by atoms with E-state index in [4.69, 9.17) is 9.47 Å². The molecule has 0 unspecified atom stereocenters. The number of amides is 1. The van der Waals surface area contributed by atoms with Crippen LogP contribution in [0.4, 0.5) is 16.2 Å². The smallest absolute Gasteiger partial charge is 0.407 e. The number of hydrogen-bond acceptors (Lipinski definition) is 8. The summed E-state index contributed by atoms with van der Waals surface area (Å²) < 4.78 is 9.80. The summed E-state index contributed by atoms with van der Waals surface area (Å²) in [4.78, 5) is 43.1. The summed E-state index contributed by atoms with van der Waals surface area (Å²) in [5.74, 6) is -0.988. The number of nitro benzene ring substituents is 2. The first-order chi connectivity index (χ1) is 11.5. The molecule has 0 atom stereocenters. The second-order valence-corrected chi connectivity index (χ2v) is 5.82. The Balaban J connectivity index is 2.64. The lowest BCUT2D eigenvalue weighted by Gasteiger charge is -2.19. The molecule has 1 aromatic rings. The van der Waals surface area contributed by atoms with E-state index < -0.39 is 38.9 Å². The number of nitrogens with zero attached hydrogens (tertiary/aromatic N) is 2. The molecule has 0 aliphatic carbocycles. The SMILES string of the molecule is CC(C)(C)OC(=O)NCCOC(=O)c1cc([N+](=O)[O-])cc([N+](=O)[O-])c1. The van der Waals surface area contributed by atoms with Crippen LogP contribution in [0.5, 0.6) is 0 Å². The van der Waals surface area contributed by atoms with E-state index in [1.807, 2.05) is 0 Å². The highest BCUT2D eigenvalue weighted by Gasteiger charge is 2.21. The maximum atomic E-state index is 11.9. The van der Waals surface area contributed by atoms with Gasteiger partial charge in [0, 0.05) is 12.1 Å². The van der Waals surface area contributed by atoms with Crippen LogP contribution in [0.15, 0.2) is 18.2 Å². The molecular weight excluding hydrogens is 338 g/mol. The Labute approximate surface area is 142 Å². The molecule has 11 nitrogen and oxygen atoms in total. The molecule has 25 heavy (non-hydrogen) atoms. The molecule has 11 heteroatoms. The monoisotopic (exact) mass is 355 g/mol. The number of non-ortho nitro benzene ring substituents is 2. The maximum absolute atomic E-state index is 11.9. The van der Waals surface area contributed by atoms with E-state index in [1.165, 1.54) is 0 Å². The summed E-state index contributed by atoms with van der Waals surface area (Å²) in [6, 6.07) is 2.48. The van der Waals surface area contributed by atoms with Gasteiger partial charge in [0.05, 0.1) is 28.0 Å². The average Bonchev–Trinajstić information content (AvgIpc) is 2.49. The van der Waals surface area contributed by atoms with Crippen molar-refractivity contribution in [1.82, 2.24) is 5.32 Å². The highest BCUT2D eigenvalue weighted by atomic mass is 16.6. The first-order valence-electron chi connectivity index (χ1n) is 7.07. The van der Waals surface area contributed by atoms with Crippen molar-refractivity contribution < 1.29 is 28.9 Å². The van der Waals surface area contributed by atoms with Crippen molar-refractivity contribution in [1.29, 1.82) is 0 Å². The quantitative estimate of drug-likeness (QED) is 0.353. The first-order valence-corrected chi connectivity index (χ1v) is 7.07. The molecule has 0 fully saturated rings. The normalized spacial score (nSPS) is 10.7. The lowest BCUT2D eigenvalue weighted by atomic mass is 10.2. The van der Waals surface area contributed by atoms with Crippen LogP contribution in [0.2, 0.25) is 0 Å². The molecule has 1 aromatic carbocycles. The van der Waals surface area contributed by atoms with Gasteiger partial charge in [-0.3, -0.25) is 20.2 Å². The van der Waals surface area contributed by atoms with E-state index in [1.54, 1.807) is 20.8 Å². The molecule has 0 heterocycles. The molecule has 0 aromatic heterocycles. The van der Waals surface area contributed by atoms with Crippen LogP contribution in [0.1, 0.15) is 31.1 Å². The third-order valence-corrected chi connectivity index (χ3v) is 2.56. The fraction of sp³-hybridized carbons (Fsp3) is 0.429. The number of nitro groups is 2. The van der Waals surface area contributed by atoms with Crippen LogP contribution in [0.3, 0.4) is 0 Å². The zero-order valence-electron chi connectivity index (χ0n) is 13.8. The standard InChI is InChI=1S/C14H17N3O8/c1-14(2,3)25-13(19)15-4-5-24-12(18)9-6-10(16(20)21)8-11(7-9)17(22)23/h6-8H,4-5H2,1-3H3,(H,15,19). The number of alkyl carbamates (subject to hydrolysis) is 1. The number of esters is 1. The van der Waals surface area contributed by atoms with Crippen molar-refractivity contribution in [2.75, 3.05) is 13.2 Å². The van der Waals surface area contributed by atoms with Crippen molar-refractivity contribution in [3.05, 3.63) is 44.0 Å². The maximum Gasteiger partial charge on any atom is 0.407 e. The molecule has 1 N–H and O–H groups in total. The number of benzene rings is 1. The second-order valence-electron chi connectivity index (χ2n) is 5.82. The molecule has 0 aliphatic rings. The molecule has 1 rings (SSSR count). The largest absolute Gasteiger partial charge is 0.460 e. The van der Waals surface area contributed by atoms with Gasteiger partial charge < -0.3 is 14.8 Å². The van der Waals surface area contributed by atoms with E-state index in [9.17, 15) is 29.8 Å². The summed E-state index contributed by atoms with van der Waals surface area (Å²) in [7, 11) is 0. The predicted molar refractivity (Wildman–Crippen MR) is 84.3 cm³/mol. The molecule has 0 saturated heterocycles. The summed E-state index contributed by atoms with van der Waals surface area (Å²) in [5.41, 5.74) is -2.22. The minimum absolute atomic E-state index is 0.0579. The van der Waals surface area contributed by atoms with Gasteiger partial charge in [0.2, 0.25) is 0 Å². The van der Waals surface area contributed by atoms with Crippen molar-refractivity contribution in [2.24, 2.45) is 0 Å². The predicted octanol–water partition coefficient (Wildman–Crippen LogP) is 2.18. The van der Waals surface area contributed by atoms with E-state index in [2.05, 4.69) is 5.32 Å². The van der Waals surface area contributed by atoms with Crippen molar-refractivity contribution >= 4 is 23.4 Å². The zero-order valence-corrected chi connectivity index (χ0v) is 13.8. The van der Waals surface area contributed by atoms with Gasteiger partial charge in [-0.2, -0.15) is 0 Å². The number of carbonyl (C=O) groups excluding carboxylic acids is 2. The fourth-order valence-electron chi connectivity index (χ4n) is 1.62. The Morgan fingerprint density at radius 1 is 1.08 bits per heavy atom. The van der Waals surface area contributed by atoms with E-state index in [0.29, 0.717) is 0 Å². The second kappa shape index (κ2) is 8.04. The van der Waals surface area contributed by atoms with E-state index in [-0.39, 0.29) is 18.7 Å². The molecule has 0 saturated carbocycles. The average molecular weight is 355 g/mol. The van der Waals surface area contributed by atoms with Crippen LogP contribution >= 0.6 is 0 Å². The van der Waals surface area contributed by atoms with Crippen LogP contribution in [0, 0.1) is 20.2 Å². The fourth-order valence-corrected chi connectivity index (χ4v) is 1.62. The zero-order chi connectivity index (χ0) is 19.2. The Hall–Kier alpha value is -3.24. The van der Waals surface area contributed by atoms with Crippen LogP contribution in [-0.4, -0.2) is 40.7 Å². The Kier molecular flexibility index (Phi) is 6.37. The molecule has 136 valence electrons. The highest BCUT2D eigenvalue weighted by molar-refractivity contribution is 5.91. The molecule has 0 aliphatic heterocycles. The van der Waals surface area contributed by atoms with Gasteiger partial charge in [0.25, 0.3) is 11.4 Å². The van der Waals surface area contributed by atoms with Gasteiger partial charge >= 0.3 is 12.1 Å². The van der Waals surface area contributed by atoms with Crippen molar-refractivity contribution in [3.63, 3.8) is 0 Å². The van der Waals surface area contributed by atoms with Gasteiger partial charge in [0.1, 0.15) is 12.2 Å². The van der Waals surface area contributed by atoms with Crippen LogP contribution in [0.25, 0.3) is 0 Å². The highest BCUT2D eigenvalue weighted by Crippen LogP contribution is 2.23. The number of carbonyl (C=O) groups is 2. The first kappa shape index (κ1) is 19.8. The van der Waals surface area contributed by atoms with Gasteiger partial charge in [-0.15, -0.1) is 0 Å². The molecule has 0 radical (unpaired) electrons. The third-order valence-electron chi connectivity index (χ3n) is 2.56.